The van der Waals surface area contributed by atoms with Crippen molar-refractivity contribution in [2.45, 2.75) is 12.5 Å². The minimum absolute atomic E-state index is 0.00913. The van der Waals surface area contributed by atoms with Crippen molar-refractivity contribution in [2.75, 3.05) is 7.05 Å². The van der Waals surface area contributed by atoms with Crippen LogP contribution in [0, 0.1) is 5.82 Å². The van der Waals surface area contributed by atoms with Gasteiger partial charge in [-0.15, -0.1) is 0 Å². The molecule has 0 saturated heterocycles. The summed E-state index contributed by atoms with van der Waals surface area (Å²) in [5.74, 6) is 0.503. The molecular weight excluding hydrogens is 321 g/mol. The molecule has 0 radical (unpaired) electrons. The van der Waals surface area contributed by atoms with Crippen LogP contribution >= 0.6 is 27.5 Å². The molecule has 1 N–H and O–H groups in total. The maximum Gasteiger partial charge on any atom is 0.193 e. The highest BCUT2D eigenvalue weighted by atomic mass is 79.9. The lowest BCUT2D eigenvalue weighted by atomic mass is 10.0. The fraction of sp³-hybridized carbons (Fsp3) is 0.231. The van der Waals surface area contributed by atoms with Gasteiger partial charge in [0.1, 0.15) is 11.6 Å². The van der Waals surface area contributed by atoms with Gasteiger partial charge in [0.25, 0.3) is 0 Å². The summed E-state index contributed by atoms with van der Waals surface area (Å²) in [6.07, 6.45) is 0.694. The first kappa shape index (κ1) is 13.6. The quantitative estimate of drug-likeness (QED) is 0.901. The molecule has 2 rings (SSSR count). The van der Waals surface area contributed by atoms with Crippen LogP contribution in [0.4, 0.5) is 4.39 Å². The van der Waals surface area contributed by atoms with Gasteiger partial charge in [0.15, 0.2) is 5.22 Å². The van der Waals surface area contributed by atoms with Gasteiger partial charge in [-0.25, -0.2) is 4.39 Å². The van der Waals surface area contributed by atoms with Crippen molar-refractivity contribution in [3.63, 3.8) is 0 Å². The molecule has 1 aromatic heterocycles. The van der Waals surface area contributed by atoms with E-state index in [0.717, 1.165) is 11.3 Å². The van der Waals surface area contributed by atoms with Crippen LogP contribution in [0.2, 0.25) is 5.22 Å². The van der Waals surface area contributed by atoms with E-state index in [9.17, 15) is 4.39 Å². The molecule has 5 heteroatoms. The van der Waals surface area contributed by atoms with E-state index >= 15 is 0 Å². The fourth-order valence-electron chi connectivity index (χ4n) is 1.76. The average Bonchev–Trinajstić information content (AvgIpc) is 2.77. The van der Waals surface area contributed by atoms with Crippen molar-refractivity contribution in [1.82, 2.24) is 5.32 Å². The molecule has 1 unspecified atom stereocenters. The van der Waals surface area contributed by atoms with E-state index in [1.54, 1.807) is 18.2 Å². The molecule has 0 bridgehead atoms. The Morgan fingerprint density at radius 1 is 1.39 bits per heavy atom. The lowest BCUT2D eigenvalue weighted by molar-refractivity contribution is 0.430. The first-order valence-corrected chi connectivity index (χ1v) is 6.63. The molecule has 0 saturated carbocycles. The highest BCUT2D eigenvalue weighted by molar-refractivity contribution is 9.10. The van der Waals surface area contributed by atoms with Gasteiger partial charge in [0, 0.05) is 0 Å². The van der Waals surface area contributed by atoms with Crippen molar-refractivity contribution in [2.24, 2.45) is 0 Å². The number of benzene rings is 1. The molecule has 0 aliphatic rings. The molecule has 0 amide bonds. The van der Waals surface area contributed by atoms with Crippen LogP contribution < -0.4 is 5.32 Å². The Bertz CT molecular complexity index is 544. The van der Waals surface area contributed by atoms with Crippen LogP contribution in [0.1, 0.15) is 17.4 Å². The molecule has 96 valence electrons. The van der Waals surface area contributed by atoms with Crippen molar-refractivity contribution < 1.29 is 8.81 Å². The number of hydrogen-bond donors (Lipinski definition) is 1. The van der Waals surface area contributed by atoms with Crippen molar-refractivity contribution >= 4 is 27.5 Å². The second-order valence-corrected chi connectivity index (χ2v) is 5.16. The molecule has 1 atom stereocenters. The first-order chi connectivity index (χ1) is 8.60. The third-order valence-electron chi connectivity index (χ3n) is 2.71. The number of likely N-dealkylation sites (N-methyl/N-ethyl adjacent to an activating group) is 1. The largest absolute Gasteiger partial charge is 0.448 e. The maximum absolute atomic E-state index is 13.1. The van der Waals surface area contributed by atoms with Crippen LogP contribution in [-0.2, 0) is 6.42 Å². The smallest absolute Gasteiger partial charge is 0.193 e. The summed E-state index contributed by atoms with van der Waals surface area (Å²) in [6.45, 7) is 0. The van der Waals surface area contributed by atoms with Gasteiger partial charge < -0.3 is 9.73 Å². The zero-order valence-electron chi connectivity index (χ0n) is 9.71. The van der Waals surface area contributed by atoms with E-state index in [1.165, 1.54) is 6.07 Å². The Morgan fingerprint density at radius 3 is 2.72 bits per heavy atom. The van der Waals surface area contributed by atoms with E-state index in [2.05, 4.69) is 21.2 Å². The number of nitrogens with one attached hydrogen (secondary N) is 1. The summed E-state index contributed by atoms with van der Waals surface area (Å²) in [7, 11) is 1.85. The highest BCUT2D eigenvalue weighted by Gasteiger charge is 2.14. The molecule has 2 aromatic rings. The fourth-order valence-corrected chi connectivity index (χ4v) is 2.34. The lowest BCUT2D eigenvalue weighted by Gasteiger charge is -2.13. The summed E-state index contributed by atoms with van der Waals surface area (Å²) in [5.41, 5.74) is 1.01. The van der Waals surface area contributed by atoms with Crippen molar-refractivity contribution in [3.8, 4) is 0 Å². The second kappa shape index (κ2) is 5.87. The predicted molar refractivity (Wildman–Crippen MR) is 73.3 cm³/mol. The Morgan fingerprint density at radius 2 is 2.17 bits per heavy atom. The van der Waals surface area contributed by atoms with E-state index < -0.39 is 0 Å². The number of hydrogen-bond acceptors (Lipinski definition) is 2. The van der Waals surface area contributed by atoms with E-state index in [-0.39, 0.29) is 11.9 Å². The number of furan rings is 1. The van der Waals surface area contributed by atoms with Crippen LogP contribution in [0.15, 0.2) is 39.2 Å². The van der Waals surface area contributed by atoms with E-state index in [4.69, 9.17) is 16.0 Å². The van der Waals surface area contributed by atoms with Crippen LogP contribution in [0.3, 0.4) is 0 Å². The molecule has 2 nitrogen and oxygen atoms in total. The Labute approximate surface area is 118 Å². The lowest BCUT2D eigenvalue weighted by Crippen LogP contribution is -2.18. The molecule has 0 aliphatic carbocycles. The SMILES string of the molecule is CNC(Cc1ccc(F)c(Br)c1)c1ccc(Cl)o1. The monoisotopic (exact) mass is 331 g/mol. The average molecular weight is 333 g/mol. The zero-order valence-corrected chi connectivity index (χ0v) is 12.1. The third-order valence-corrected chi connectivity index (χ3v) is 3.52. The van der Waals surface area contributed by atoms with Gasteiger partial charge in [-0.1, -0.05) is 6.07 Å². The first-order valence-electron chi connectivity index (χ1n) is 5.46. The number of rotatable bonds is 4. The van der Waals surface area contributed by atoms with E-state index in [0.29, 0.717) is 16.1 Å². The van der Waals surface area contributed by atoms with Gasteiger partial charge in [0.2, 0.25) is 0 Å². The standard InChI is InChI=1S/C13H12BrClFNO/c1-17-11(12-4-5-13(15)18-12)7-8-2-3-10(16)9(14)6-8/h2-6,11,17H,7H2,1H3. The Balaban J connectivity index is 2.17. The molecule has 0 aliphatic heterocycles. The molecule has 1 aromatic carbocycles. The van der Waals surface area contributed by atoms with Crippen LogP contribution in [-0.4, -0.2) is 7.05 Å². The van der Waals surface area contributed by atoms with E-state index in [1.807, 2.05) is 13.1 Å². The molecular formula is C13H12BrClFNO. The predicted octanol–water partition coefficient (Wildman–Crippen LogP) is 4.34. The Hall–Kier alpha value is -0.840. The van der Waals surface area contributed by atoms with Gasteiger partial charge in [0.05, 0.1) is 10.5 Å². The van der Waals surface area contributed by atoms with Gasteiger partial charge >= 0.3 is 0 Å². The minimum atomic E-state index is -0.263. The maximum atomic E-state index is 13.1. The summed E-state index contributed by atoms with van der Waals surface area (Å²) in [4.78, 5) is 0. The summed E-state index contributed by atoms with van der Waals surface area (Å²) < 4.78 is 19.0. The highest BCUT2D eigenvalue weighted by Crippen LogP contribution is 2.25. The van der Waals surface area contributed by atoms with Crippen LogP contribution in [0.25, 0.3) is 0 Å². The molecule has 18 heavy (non-hydrogen) atoms. The number of halogens is 3. The molecule has 1 heterocycles. The van der Waals surface area contributed by atoms with Crippen molar-refractivity contribution in [1.29, 1.82) is 0 Å². The third kappa shape index (κ3) is 3.13. The van der Waals surface area contributed by atoms with Gasteiger partial charge in [-0.2, -0.15) is 0 Å². The Kier molecular flexibility index (Phi) is 4.43. The topological polar surface area (TPSA) is 25.2 Å². The van der Waals surface area contributed by atoms with Crippen LogP contribution in [0.5, 0.6) is 0 Å². The normalized spacial score (nSPS) is 12.7. The summed E-state index contributed by atoms with van der Waals surface area (Å²) >= 11 is 8.94. The summed E-state index contributed by atoms with van der Waals surface area (Å²) in [5, 5.41) is 3.52. The van der Waals surface area contributed by atoms with Gasteiger partial charge in [-0.05, 0) is 70.8 Å². The van der Waals surface area contributed by atoms with Gasteiger partial charge in [-0.3, -0.25) is 0 Å². The van der Waals surface area contributed by atoms with Crippen molar-refractivity contribution in [3.05, 3.63) is 57.2 Å². The second-order valence-electron chi connectivity index (χ2n) is 3.94. The molecule has 0 fully saturated rings. The molecule has 0 spiro atoms. The summed E-state index contributed by atoms with van der Waals surface area (Å²) in [6, 6.07) is 8.53. The zero-order chi connectivity index (χ0) is 13.1. The minimum Gasteiger partial charge on any atom is -0.448 e.